The molecule has 3 unspecified atom stereocenters. The lowest BCUT2D eigenvalue weighted by atomic mass is 9.50. The van der Waals surface area contributed by atoms with E-state index >= 15 is 0 Å². The SMILES string of the molecule is CC(C)(c1ccc(O)cc1)c1ccc2c(c1)CCC1C(C)(CO)CCCC21C.CCC. The molecule has 2 N–H and O–H groups in total. The van der Waals surface area contributed by atoms with Crippen molar-refractivity contribution >= 4 is 0 Å². The van der Waals surface area contributed by atoms with Crippen molar-refractivity contribution in [2.75, 3.05) is 6.61 Å². The molecule has 0 amide bonds. The van der Waals surface area contributed by atoms with Gasteiger partial charge in [-0.2, -0.15) is 0 Å². The van der Waals surface area contributed by atoms with Gasteiger partial charge in [-0.3, -0.25) is 0 Å². The molecule has 2 nitrogen and oxygen atoms in total. The van der Waals surface area contributed by atoms with Crippen molar-refractivity contribution in [3.05, 3.63) is 64.7 Å². The maximum absolute atomic E-state index is 10.1. The van der Waals surface area contributed by atoms with Crippen molar-refractivity contribution in [1.29, 1.82) is 0 Å². The highest BCUT2D eigenvalue weighted by Crippen LogP contribution is 2.57. The molecule has 31 heavy (non-hydrogen) atoms. The predicted octanol–water partition coefficient (Wildman–Crippen LogP) is 7.14. The summed E-state index contributed by atoms with van der Waals surface area (Å²) in [4.78, 5) is 0. The van der Waals surface area contributed by atoms with Crippen LogP contribution >= 0.6 is 0 Å². The number of hydrogen-bond donors (Lipinski definition) is 2. The van der Waals surface area contributed by atoms with Crippen molar-refractivity contribution in [2.24, 2.45) is 11.3 Å². The normalized spacial score (nSPS) is 27.5. The highest BCUT2D eigenvalue weighted by molar-refractivity contribution is 5.47. The molecule has 0 saturated heterocycles. The first kappa shape index (κ1) is 23.9. The van der Waals surface area contributed by atoms with Gasteiger partial charge in [-0.1, -0.05) is 84.7 Å². The van der Waals surface area contributed by atoms with E-state index in [-0.39, 0.29) is 16.2 Å². The Bertz CT molecular complexity index is 882. The first-order chi connectivity index (χ1) is 14.6. The average Bonchev–Trinajstić information content (AvgIpc) is 2.74. The van der Waals surface area contributed by atoms with Gasteiger partial charge in [0.15, 0.2) is 0 Å². The molecule has 2 aromatic carbocycles. The second kappa shape index (κ2) is 8.98. The molecule has 2 aliphatic carbocycles. The van der Waals surface area contributed by atoms with E-state index in [1.165, 1.54) is 47.9 Å². The lowest BCUT2D eigenvalue weighted by Crippen LogP contribution is -2.50. The van der Waals surface area contributed by atoms with Crippen molar-refractivity contribution in [1.82, 2.24) is 0 Å². The molecule has 1 saturated carbocycles. The van der Waals surface area contributed by atoms with Crippen LogP contribution in [0.25, 0.3) is 0 Å². The van der Waals surface area contributed by atoms with Gasteiger partial charge in [-0.25, -0.2) is 0 Å². The topological polar surface area (TPSA) is 40.5 Å². The molecular formula is C29H42O2. The van der Waals surface area contributed by atoms with E-state index in [2.05, 4.69) is 59.7 Å². The predicted molar refractivity (Wildman–Crippen MR) is 131 cm³/mol. The summed E-state index contributed by atoms with van der Waals surface area (Å²) in [5.74, 6) is 0.871. The van der Waals surface area contributed by atoms with Gasteiger partial charge in [0.25, 0.3) is 0 Å². The van der Waals surface area contributed by atoms with Crippen molar-refractivity contribution < 1.29 is 10.2 Å². The van der Waals surface area contributed by atoms with Crippen LogP contribution in [0.5, 0.6) is 5.75 Å². The fraction of sp³-hybridized carbons (Fsp3) is 0.586. The number of benzene rings is 2. The zero-order valence-corrected chi connectivity index (χ0v) is 20.5. The minimum absolute atomic E-state index is 0.0503. The number of phenolic OH excluding ortho intramolecular Hbond substituents is 1. The van der Waals surface area contributed by atoms with Crippen LogP contribution in [0.3, 0.4) is 0 Å². The number of aliphatic hydroxyl groups is 1. The molecule has 4 rings (SSSR count). The summed E-state index contributed by atoms with van der Waals surface area (Å²) < 4.78 is 0. The van der Waals surface area contributed by atoms with E-state index in [0.29, 0.717) is 18.3 Å². The molecule has 0 aliphatic heterocycles. The zero-order chi connectivity index (χ0) is 22.9. The third kappa shape index (κ3) is 4.29. The van der Waals surface area contributed by atoms with Gasteiger partial charge < -0.3 is 10.2 Å². The quantitative estimate of drug-likeness (QED) is 0.552. The standard InChI is InChI=1S/C26H34O2.C3H8/c1-24(2,19-7-10-21(28)11-8-19)20-9-12-22-18(16-20)6-13-23-25(3,17-27)14-5-15-26(22,23)4;1-3-2/h7-12,16,23,27-28H,5-6,13-15,17H2,1-4H3;3H2,1-2H3. The lowest BCUT2D eigenvalue weighted by Gasteiger charge is -2.55. The van der Waals surface area contributed by atoms with E-state index in [0.717, 1.165) is 12.8 Å². The van der Waals surface area contributed by atoms with Gasteiger partial charge in [0.2, 0.25) is 0 Å². The molecule has 170 valence electrons. The molecule has 1 fully saturated rings. The number of aryl methyl sites for hydroxylation is 1. The van der Waals surface area contributed by atoms with Gasteiger partial charge in [-0.15, -0.1) is 0 Å². The third-order valence-electron chi connectivity index (χ3n) is 8.15. The molecule has 0 aromatic heterocycles. The van der Waals surface area contributed by atoms with Crippen LogP contribution in [0.15, 0.2) is 42.5 Å². The van der Waals surface area contributed by atoms with Gasteiger partial charge in [-0.05, 0) is 76.8 Å². The summed E-state index contributed by atoms with van der Waals surface area (Å²) >= 11 is 0. The molecule has 0 spiro atoms. The summed E-state index contributed by atoms with van der Waals surface area (Å²) in [6, 6.07) is 14.7. The number of aliphatic hydroxyl groups excluding tert-OH is 1. The fourth-order valence-corrected chi connectivity index (χ4v) is 6.25. The van der Waals surface area contributed by atoms with Crippen LogP contribution < -0.4 is 0 Å². The second-order valence-electron chi connectivity index (χ2n) is 10.9. The van der Waals surface area contributed by atoms with Crippen molar-refractivity contribution in [3.63, 3.8) is 0 Å². The van der Waals surface area contributed by atoms with E-state index in [1.54, 1.807) is 12.1 Å². The lowest BCUT2D eigenvalue weighted by molar-refractivity contribution is -0.0179. The number of fused-ring (bicyclic) bond motifs is 3. The number of rotatable bonds is 3. The largest absolute Gasteiger partial charge is 0.508 e. The Morgan fingerprint density at radius 1 is 0.968 bits per heavy atom. The minimum Gasteiger partial charge on any atom is -0.508 e. The summed E-state index contributed by atoms with van der Waals surface area (Å²) in [7, 11) is 0. The monoisotopic (exact) mass is 422 g/mol. The van der Waals surface area contributed by atoms with E-state index in [1.807, 2.05) is 12.1 Å². The molecule has 2 aromatic rings. The Balaban J connectivity index is 0.000000858. The van der Waals surface area contributed by atoms with Gasteiger partial charge in [0.05, 0.1) is 0 Å². The van der Waals surface area contributed by atoms with E-state index in [9.17, 15) is 10.2 Å². The molecular weight excluding hydrogens is 380 g/mol. The number of aromatic hydroxyl groups is 1. The first-order valence-corrected chi connectivity index (χ1v) is 12.2. The Labute approximate surface area is 189 Å². The third-order valence-corrected chi connectivity index (χ3v) is 8.15. The van der Waals surface area contributed by atoms with Crippen LogP contribution in [-0.4, -0.2) is 16.8 Å². The maximum Gasteiger partial charge on any atom is 0.115 e. The Kier molecular flexibility index (Phi) is 6.91. The highest BCUT2D eigenvalue weighted by Gasteiger charge is 2.51. The van der Waals surface area contributed by atoms with Crippen LogP contribution in [0.2, 0.25) is 0 Å². The van der Waals surface area contributed by atoms with Gasteiger partial charge in [0, 0.05) is 12.0 Å². The summed E-state index contributed by atoms with van der Waals surface area (Å²) in [6.45, 7) is 13.8. The molecule has 0 radical (unpaired) electrons. The molecule has 2 aliphatic rings. The summed E-state index contributed by atoms with van der Waals surface area (Å²) in [5, 5.41) is 19.8. The van der Waals surface area contributed by atoms with E-state index in [4.69, 9.17) is 0 Å². The fourth-order valence-electron chi connectivity index (χ4n) is 6.25. The van der Waals surface area contributed by atoms with Crippen LogP contribution in [-0.2, 0) is 17.3 Å². The van der Waals surface area contributed by atoms with Crippen LogP contribution in [0.1, 0.15) is 95.9 Å². The molecule has 0 bridgehead atoms. The second-order valence-corrected chi connectivity index (χ2v) is 10.9. The Morgan fingerprint density at radius 3 is 2.19 bits per heavy atom. The van der Waals surface area contributed by atoms with Gasteiger partial charge in [0.1, 0.15) is 5.75 Å². The number of phenols is 1. The van der Waals surface area contributed by atoms with Gasteiger partial charge >= 0.3 is 0 Å². The van der Waals surface area contributed by atoms with Crippen molar-refractivity contribution in [2.45, 2.75) is 90.9 Å². The average molecular weight is 423 g/mol. The first-order valence-electron chi connectivity index (χ1n) is 12.2. The Morgan fingerprint density at radius 2 is 1.58 bits per heavy atom. The molecule has 0 heterocycles. The van der Waals surface area contributed by atoms with E-state index < -0.39 is 0 Å². The minimum atomic E-state index is -0.105. The number of hydrogen-bond acceptors (Lipinski definition) is 2. The molecule has 2 heteroatoms. The summed E-state index contributed by atoms with van der Waals surface area (Å²) in [6.07, 6.45) is 7.09. The van der Waals surface area contributed by atoms with Crippen molar-refractivity contribution in [3.8, 4) is 5.75 Å². The van der Waals surface area contributed by atoms with Crippen LogP contribution in [0.4, 0.5) is 0 Å². The smallest absolute Gasteiger partial charge is 0.115 e. The van der Waals surface area contributed by atoms with Crippen LogP contribution in [0, 0.1) is 11.3 Å². The molecule has 3 atom stereocenters. The maximum atomic E-state index is 10.1. The Hall–Kier alpha value is -1.80. The highest BCUT2D eigenvalue weighted by atomic mass is 16.3. The summed E-state index contributed by atoms with van der Waals surface area (Å²) in [5.41, 5.74) is 5.67. The zero-order valence-electron chi connectivity index (χ0n) is 20.5.